The minimum atomic E-state index is -0.347. The van der Waals surface area contributed by atoms with E-state index in [9.17, 15) is 4.79 Å². The van der Waals surface area contributed by atoms with Gasteiger partial charge in [-0.2, -0.15) is 11.3 Å². The Morgan fingerprint density at radius 3 is 3.00 bits per heavy atom. The molecule has 0 aliphatic heterocycles. The van der Waals surface area contributed by atoms with Gasteiger partial charge in [0.2, 0.25) is 0 Å². The van der Waals surface area contributed by atoms with Crippen LogP contribution in [0.5, 0.6) is 0 Å². The molecular formula is C9H13NO2S. The number of thiophene rings is 1. The first-order valence-electron chi connectivity index (χ1n) is 4.13. The number of hydrogen-bond acceptors (Lipinski definition) is 3. The zero-order valence-electron chi connectivity index (χ0n) is 7.74. The summed E-state index contributed by atoms with van der Waals surface area (Å²) in [4.78, 5) is 11.4. The molecule has 1 unspecified atom stereocenters. The quantitative estimate of drug-likeness (QED) is 0.806. The number of methoxy groups -OCH3 is 1. The van der Waals surface area contributed by atoms with E-state index in [4.69, 9.17) is 4.74 Å². The third kappa shape index (κ3) is 2.82. The van der Waals surface area contributed by atoms with E-state index in [1.165, 1.54) is 0 Å². The Morgan fingerprint density at radius 1 is 1.77 bits per heavy atom. The van der Waals surface area contributed by atoms with Gasteiger partial charge in [-0.25, -0.2) is 0 Å². The maximum absolute atomic E-state index is 11.4. The molecule has 1 aromatic heterocycles. The third-order valence-electron chi connectivity index (χ3n) is 1.74. The van der Waals surface area contributed by atoms with Gasteiger partial charge in [-0.05, 0) is 17.9 Å². The van der Waals surface area contributed by atoms with E-state index < -0.39 is 0 Å². The lowest BCUT2D eigenvalue weighted by atomic mass is 10.2. The molecule has 0 aliphatic rings. The number of hydrogen-bond donors (Lipinski definition) is 1. The molecule has 3 nitrogen and oxygen atoms in total. The van der Waals surface area contributed by atoms with Gasteiger partial charge in [-0.3, -0.25) is 4.79 Å². The van der Waals surface area contributed by atoms with Crippen LogP contribution in [-0.4, -0.2) is 19.1 Å². The minimum Gasteiger partial charge on any atom is -0.372 e. The number of carbonyl (C=O) groups is 1. The summed E-state index contributed by atoms with van der Waals surface area (Å²) in [5.41, 5.74) is 0.838. The SMILES string of the molecule is CCC(OC)C(=O)Nc1ccsc1. The van der Waals surface area contributed by atoms with Gasteiger partial charge in [0.1, 0.15) is 6.10 Å². The van der Waals surface area contributed by atoms with Gasteiger partial charge in [0.15, 0.2) is 0 Å². The second-order valence-electron chi connectivity index (χ2n) is 2.63. The highest BCUT2D eigenvalue weighted by Gasteiger charge is 2.14. The molecular weight excluding hydrogens is 186 g/mol. The molecule has 0 spiro atoms. The Kier molecular flexibility index (Phi) is 3.92. The standard InChI is InChI=1S/C9H13NO2S/c1-3-8(12-2)9(11)10-7-4-5-13-6-7/h4-6,8H,3H2,1-2H3,(H,10,11). The highest BCUT2D eigenvalue weighted by Crippen LogP contribution is 2.12. The summed E-state index contributed by atoms with van der Waals surface area (Å²) in [6.07, 6.45) is 0.340. The van der Waals surface area contributed by atoms with Crippen molar-refractivity contribution < 1.29 is 9.53 Å². The van der Waals surface area contributed by atoms with Gasteiger partial charge < -0.3 is 10.1 Å². The second kappa shape index (κ2) is 4.99. The first-order valence-corrected chi connectivity index (χ1v) is 5.08. The summed E-state index contributed by atoms with van der Waals surface area (Å²) in [5, 5.41) is 6.58. The fourth-order valence-electron chi connectivity index (χ4n) is 1.02. The van der Waals surface area contributed by atoms with E-state index in [0.717, 1.165) is 5.69 Å². The fraction of sp³-hybridized carbons (Fsp3) is 0.444. The molecule has 1 aromatic rings. The number of rotatable bonds is 4. The topological polar surface area (TPSA) is 38.3 Å². The lowest BCUT2D eigenvalue weighted by molar-refractivity contribution is -0.125. The molecule has 72 valence electrons. The monoisotopic (exact) mass is 199 g/mol. The van der Waals surface area contributed by atoms with Crippen molar-refractivity contribution >= 4 is 22.9 Å². The smallest absolute Gasteiger partial charge is 0.253 e. The molecule has 0 saturated carbocycles. The average molecular weight is 199 g/mol. The van der Waals surface area contributed by atoms with Crippen LogP contribution in [0.3, 0.4) is 0 Å². The summed E-state index contributed by atoms with van der Waals surface area (Å²) in [5.74, 6) is -0.0802. The normalized spacial score (nSPS) is 12.5. The van der Waals surface area contributed by atoms with Gasteiger partial charge >= 0.3 is 0 Å². The van der Waals surface area contributed by atoms with Crippen LogP contribution in [0.4, 0.5) is 5.69 Å². The van der Waals surface area contributed by atoms with E-state index in [1.807, 2.05) is 23.8 Å². The van der Waals surface area contributed by atoms with Crippen molar-refractivity contribution in [1.82, 2.24) is 0 Å². The first kappa shape index (κ1) is 10.2. The van der Waals surface area contributed by atoms with Crippen molar-refractivity contribution in [3.8, 4) is 0 Å². The van der Waals surface area contributed by atoms with Gasteiger partial charge in [-0.1, -0.05) is 6.92 Å². The van der Waals surface area contributed by atoms with Crippen LogP contribution >= 0.6 is 11.3 Å². The Balaban J connectivity index is 2.49. The van der Waals surface area contributed by atoms with Gasteiger partial charge in [0.25, 0.3) is 5.91 Å². The average Bonchev–Trinajstić information content (AvgIpc) is 2.59. The van der Waals surface area contributed by atoms with Crippen LogP contribution in [0.25, 0.3) is 0 Å². The molecule has 0 bridgehead atoms. The zero-order valence-corrected chi connectivity index (χ0v) is 8.56. The van der Waals surface area contributed by atoms with Crippen LogP contribution in [0, 0.1) is 0 Å². The maximum Gasteiger partial charge on any atom is 0.253 e. The van der Waals surface area contributed by atoms with Crippen LogP contribution in [-0.2, 0) is 9.53 Å². The summed E-state index contributed by atoms with van der Waals surface area (Å²) in [6, 6.07) is 1.87. The number of ether oxygens (including phenoxy) is 1. The van der Waals surface area contributed by atoms with Gasteiger partial charge in [-0.15, -0.1) is 0 Å². The van der Waals surface area contributed by atoms with Gasteiger partial charge in [0, 0.05) is 12.5 Å². The van der Waals surface area contributed by atoms with Gasteiger partial charge in [0.05, 0.1) is 5.69 Å². The second-order valence-corrected chi connectivity index (χ2v) is 3.41. The number of anilines is 1. The van der Waals surface area contributed by atoms with Crippen molar-refractivity contribution in [2.24, 2.45) is 0 Å². The maximum atomic E-state index is 11.4. The van der Waals surface area contributed by atoms with Crippen molar-refractivity contribution in [1.29, 1.82) is 0 Å². The summed E-state index contributed by atoms with van der Waals surface area (Å²) >= 11 is 1.55. The van der Waals surface area contributed by atoms with E-state index >= 15 is 0 Å². The van der Waals surface area contributed by atoms with Crippen molar-refractivity contribution in [2.75, 3.05) is 12.4 Å². The molecule has 1 amide bonds. The number of carbonyl (C=O) groups excluding carboxylic acids is 1. The summed E-state index contributed by atoms with van der Waals surface area (Å²) in [7, 11) is 1.54. The third-order valence-corrected chi connectivity index (χ3v) is 2.42. The lowest BCUT2D eigenvalue weighted by Crippen LogP contribution is -2.28. The van der Waals surface area contributed by atoms with Crippen LogP contribution in [0.1, 0.15) is 13.3 Å². The predicted molar refractivity (Wildman–Crippen MR) is 54.0 cm³/mol. The van der Waals surface area contributed by atoms with Crippen LogP contribution in [0.15, 0.2) is 16.8 Å². The molecule has 4 heteroatoms. The van der Waals surface area contributed by atoms with E-state index in [-0.39, 0.29) is 12.0 Å². The highest BCUT2D eigenvalue weighted by molar-refractivity contribution is 7.08. The Bertz CT molecular complexity index is 255. The van der Waals surface area contributed by atoms with Crippen LogP contribution < -0.4 is 5.32 Å². The highest BCUT2D eigenvalue weighted by atomic mass is 32.1. The minimum absolute atomic E-state index is 0.0802. The predicted octanol–water partition coefficient (Wildman–Crippen LogP) is 2.11. The lowest BCUT2D eigenvalue weighted by Gasteiger charge is -2.11. The number of nitrogens with one attached hydrogen (secondary N) is 1. The molecule has 1 atom stereocenters. The Morgan fingerprint density at radius 2 is 2.54 bits per heavy atom. The molecule has 0 radical (unpaired) electrons. The summed E-state index contributed by atoms with van der Waals surface area (Å²) < 4.78 is 5.00. The van der Waals surface area contributed by atoms with E-state index in [0.29, 0.717) is 6.42 Å². The van der Waals surface area contributed by atoms with Crippen molar-refractivity contribution in [3.63, 3.8) is 0 Å². The molecule has 0 saturated heterocycles. The molecule has 0 aliphatic carbocycles. The zero-order chi connectivity index (χ0) is 9.68. The van der Waals surface area contributed by atoms with Crippen LogP contribution in [0.2, 0.25) is 0 Å². The molecule has 13 heavy (non-hydrogen) atoms. The molecule has 0 fully saturated rings. The number of amides is 1. The largest absolute Gasteiger partial charge is 0.372 e. The Hall–Kier alpha value is -0.870. The molecule has 1 N–H and O–H groups in total. The van der Waals surface area contributed by atoms with Crippen molar-refractivity contribution in [2.45, 2.75) is 19.4 Å². The summed E-state index contributed by atoms with van der Waals surface area (Å²) in [6.45, 7) is 1.92. The first-order chi connectivity index (χ1) is 6.27. The molecule has 1 rings (SSSR count). The fourth-order valence-corrected chi connectivity index (χ4v) is 1.61. The Labute approximate surface area is 81.7 Å². The molecule has 1 heterocycles. The van der Waals surface area contributed by atoms with Crippen molar-refractivity contribution in [3.05, 3.63) is 16.8 Å². The molecule has 0 aromatic carbocycles. The van der Waals surface area contributed by atoms with E-state index in [2.05, 4.69) is 5.32 Å². The van der Waals surface area contributed by atoms with E-state index in [1.54, 1.807) is 18.4 Å².